The van der Waals surface area contributed by atoms with Gasteiger partial charge in [0.2, 0.25) is 0 Å². The number of ether oxygens (including phenoxy) is 3. The van der Waals surface area contributed by atoms with E-state index in [0.717, 1.165) is 18.4 Å². The van der Waals surface area contributed by atoms with Gasteiger partial charge in [-0.1, -0.05) is 25.0 Å². The largest absolute Gasteiger partial charge is 0.462 e. The number of nitrogens with zero attached hydrogens (tertiary/aromatic N) is 1. The van der Waals surface area contributed by atoms with Crippen molar-refractivity contribution in [2.75, 3.05) is 6.61 Å². The molecule has 1 aliphatic heterocycles. The number of esters is 2. The summed E-state index contributed by atoms with van der Waals surface area (Å²) in [5.41, 5.74) is 1.50. The topological polar surface area (TPSA) is 85.6 Å². The molecule has 168 valence electrons. The average molecular weight is 420 g/mol. The third-order valence-electron chi connectivity index (χ3n) is 5.62. The maximum absolute atomic E-state index is 11.6. The molecule has 0 spiro atoms. The molecule has 2 unspecified atom stereocenters. The van der Waals surface area contributed by atoms with Crippen LogP contribution in [-0.2, 0) is 23.8 Å². The first kappa shape index (κ1) is 25.9. The van der Waals surface area contributed by atoms with Crippen LogP contribution in [0.1, 0.15) is 80.1 Å². The summed E-state index contributed by atoms with van der Waals surface area (Å²) in [6.07, 6.45) is 7.54. The monoisotopic (exact) mass is 419 g/mol. The number of nitriles is 1. The normalized spacial score (nSPS) is 24.8. The van der Waals surface area contributed by atoms with Gasteiger partial charge in [-0.3, -0.25) is 9.59 Å². The molecule has 30 heavy (non-hydrogen) atoms. The van der Waals surface area contributed by atoms with E-state index in [-0.39, 0.29) is 30.1 Å². The number of hydrogen-bond acceptors (Lipinski definition) is 6. The van der Waals surface area contributed by atoms with Gasteiger partial charge in [0.15, 0.2) is 0 Å². The molecule has 1 rings (SSSR count). The minimum absolute atomic E-state index is 0.158. The van der Waals surface area contributed by atoms with Crippen molar-refractivity contribution in [3.8, 4) is 6.07 Å². The first-order chi connectivity index (χ1) is 14.1. The van der Waals surface area contributed by atoms with E-state index in [1.165, 1.54) is 25.5 Å². The highest BCUT2D eigenvalue weighted by Gasteiger charge is 2.39. The zero-order valence-electron chi connectivity index (χ0n) is 19.3. The van der Waals surface area contributed by atoms with Crippen molar-refractivity contribution in [2.45, 2.75) is 97.9 Å². The van der Waals surface area contributed by atoms with Crippen molar-refractivity contribution in [3.05, 3.63) is 23.3 Å². The first-order valence-corrected chi connectivity index (χ1v) is 10.8. The number of rotatable bonds is 9. The third kappa shape index (κ3) is 9.13. The Morgan fingerprint density at radius 1 is 1.30 bits per heavy atom. The van der Waals surface area contributed by atoms with E-state index in [1.54, 1.807) is 0 Å². The van der Waals surface area contributed by atoms with Crippen LogP contribution >= 0.6 is 0 Å². The van der Waals surface area contributed by atoms with E-state index in [2.05, 4.69) is 19.1 Å². The fourth-order valence-corrected chi connectivity index (χ4v) is 3.79. The summed E-state index contributed by atoms with van der Waals surface area (Å²) in [5, 5.41) is 8.94. The van der Waals surface area contributed by atoms with Gasteiger partial charge in [-0.25, -0.2) is 0 Å². The highest BCUT2D eigenvalue weighted by Crippen LogP contribution is 2.34. The summed E-state index contributed by atoms with van der Waals surface area (Å²) in [4.78, 5) is 23.1. The maximum atomic E-state index is 11.6. The lowest BCUT2D eigenvalue weighted by Gasteiger charge is -2.35. The Hall–Kier alpha value is -2.13. The van der Waals surface area contributed by atoms with Gasteiger partial charge in [0.1, 0.15) is 17.8 Å². The van der Waals surface area contributed by atoms with Crippen molar-refractivity contribution in [2.24, 2.45) is 5.92 Å². The molecule has 6 nitrogen and oxygen atoms in total. The number of carbonyl (C=O) groups is 2. The summed E-state index contributed by atoms with van der Waals surface area (Å²) in [5.74, 6) is -0.396. The summed E-state index contributed by atoms with van der Waals surface area (Å²) >= 11 is 0. The molecule has 0 bridgehead atoms. The predicted octanol–water partition coefficient (Wildman–Crippen LogP) is 5.03. The Kier molecular flexibility index (Phi) is 10.8. The van der Waals surface area contributed by atoms with Crippen LogP contribution in [0, 0.1) is 17.2 Å². The van der Waals surface area contributed by atoms with Crippen LogP contribution in [0.5, 0.6) is 0 Å². The molecular weight excluding hydrogens is 382 g/mol. The molecule has 0 N–H and O–H groups in total. The lowest BCUT2D eigenvalue weighted by Crippen LogP contribution is -2.43. The second kappa shape index (κ2) is 12.5. The van der Waals surface area contributed by atoms with Gasteiger partial charge in [0, 0.05) is 26.3 Å². The molecule has 1 fully saturated rings. The van der Waals surface area contributed by atoms with Gasteiger partial charge in [-0.2, -0.15) is 5.26 Å². The smallest absolute Gasteiger partial charge is 0.303 e. The van der Waals surface area contributed by atoms with Gasteiger partial charge < -0.3 is 14.2 Å². The summed E-state index contributed by atoms with van der Waals surface area (Å²) in [7, 11) is 0. The predicted molar refractivity (Wildman–Crippen MR) is 115 cm³/mol. The Labute approximate surface area is 181 Å². The SMILES string of the molecule is CC(=O)OC(CC=C(C)C)C(C)CCC[C@]1(C)OC/C(=C/C#N)CC[C@H]1OC(C)=O. The standard InChI is InChI=1S/C24H37NO5/c1-17(2)9-11-22(29-19(4)26)18(3)8-7-14-24(6)23(30-20(5)27)12-10-21(13-15-25)16-28-24/h9,13,18,22-23H,7-8,10-12,14,16H2,1-6H3/b21-13+/t18?,22?,23-,24+/m1/s1. The second-order valence-electron chi connectivity index (χ2n) is 8.70. The minimum Gasteiger partial charge on any atom is -0.462 e. The van der Waals surface area contributed by atoms with Crippen LogP contribution in [0.25, 0.3) is 0 Å². The fraction of sp³-hybridized carbons (Fsp3) is 0.708. The molecule has 1 heterocycles. The number of hydrogen-bond donors (Lipinski definition) is 0. The van der Waals surface area contributed by atoms with Gasteiger partial charge >= 0.3 is 11.9 Å². The summed E-state index contributed by atoms with van der Waals surface area (Å²) < 4.78 is 17.3. The summed E-state index contributed by atoms with van der Waals surface area (Å²) in [6.45, 7) is 11.4. The highest BCUT2D eigenvalue weighted by molar-refractivity contribution is 5.66. The molecule has 0 aliphatic carbocycles. The summed E-state index contributed by atoms with van der Waals surface area (Å²) in [6, 6.07) is 2.06. The van der Waals surface area contributed by atoms with Crippen LogP contribution in [0.2, 0.25) is 0 Å². The second-order valence-corrected chi connectivity index (χ2v) is 8.70. The highest BCUT2D eigenvalue weighted by atomic mass is 16.6. The molecule has 0 radical (unpaired) electrons. The third-order valence-corrected chi connectivity index (χ3v) is 5.62. The van der Waals surface area contributed by atoms with E-state index in [1.807, 2.05) is 20.8 Å². The van der Waals surface area contributed by atoms with Crippen LogP contribution in [0.3, 0.4) is 0 Å². The van der Waals surface area contributed by atoms with E-state index in [4.69, 9.17) is 19.5 Å². The molecule has 6 heteroatoms. The first-order valence-electron chi connectivity index (χ1n) is 10.8. The Morgan fingerprint density at radius 3 is 2.57 bits per heavy atom. The van der Waals surface area contributed by atoms with Crippen LogP contribution in [0.15, 0.2) is 23.3 Å². The molecular formula is C24H37NO5. The van der Waals surface area contributed by atoms with Crippen LogP contribution in [-0.4, -0.2) is 36.4 Å². The quantitative estimate of drug-likeness (QED) is 0.296. The van der Waals surface area contributed by atoms with Gasteiger partial charge in [0.25, 0.3) is 0 Å². The molecule has 0 aromatic heterocycles. The van der Waals surface area contributed by atoms with E-state index >= 15 is 0 Å². The Balaban J connectivity index is 2.79. The van der Waals surface area contributed by atoms with E-state index in [0.29, 0.717) is 32.3 Å². The zero-order valence-corrected chi connectivity index (χ0v) is 19.3. The van der Waals surface area contributed by atoms with Crippen LogP contribution < -0.4 is 0 Å². The van der Waals surface area contributed by atoms with Crippen molar-refractivity contribution in [3.63, 3.8) is 0 Å². The lowest BCUT2D eigenvalue weighted by atomic mass is 9.86. The van der Waals surface area contributed by atoms with Gasteiger partial charge in [-0.05, 0) is 57.9 Å². The Morgan fingerprint density at radius 2 is 2.00 bits per heavy atom. The maximum Gasteiger partial charge on any atom is 0.303 e. The average Bonchev–Trinajstić information content (AvgIpc) is 2.78. The van der Waals surface area contributed by atoms with E-state index < -0.39 is 5.60 Å². The lowest BCUT2D eigenvalue weighted by molar-refractivity contribution is -0.168. The molecule has 0 aromatic carbocycles. The van der Waals surface area contributed by atoms with Crippen molar-refractivity contribution in [1.29, 1.82) is 5.26 Å². The van der Waals surface area contributed by atoms with Crippen molar-refractivity contribution >= 4 is 11.9 Å². The fourth-order valence-electron chi connectivity index (χ4n) is 3.79. The Bertz CT molecular complexity index is 686. The van der Waals surface area contributed by atoms with Crippen molar-refractivity contribution < 1.29 is 23.8 Å². The minimum atomic E-state index is -0.618. The van der Waals surface area contributed by atoms with Gasteiger partial charge in [-0.15, -0.1) is 0 Å². The molecule has 0 aromatic rings. The number of carbonyl (C=O) groups excluding carboxylic acids is 2. The van der Waals surface area contributed by atoms with E-state index in [9.17, 15) is 9.59 Å². The number of allylic oxidation sites excluding steroid dienone is 2. The zero-order chi connectivity index (χ0) is 22.7. The molecule has 1 aliphatic rings. The van der Waals surface area contributed by atoms with Gasteiger partial charge in [0.05, 0.1) is 12.7 Å². The van der Waals surface area contributed by atoms with Crippen molar-refractivity contribution in [1.82, 2.24) is 0 Å². The molecule has 1 saturated heterocycles. The molecule has 0 amide bonds. The van der Waals surface area contributed by atoms with Crippen LogP contribution in [0.4, 0.5) is 0 Å². The molecule has 0 saturated carbocycles. The molecule has 4 atom stereocenters.